The van der Waals surface area contributed by atoms with Gasteiger partial charge in [-0.1, -0.05) is 20.8 Å². The molecular weight excluding hydrogens is 188 g/mol. The third-order valence-corrected chi connectivity index (χ3v) is 3.45. The number of halogens is 1. The lowest BCUT2D eigenvalue weighted by molar-refractivity contribution is 0.207. The van der Waals surface area contributed by atoms with Gasteiger partial charge in [0.2, 0.25) is 0 Å². The van der Waals surface area contributed by atoms with E-state index in [2.05, 4.69) is 12.6 Å². The maximum absolute atomic E-state index is 9.11. The summed E-state index contributed by atoms with van der Waals surface area (Å²) >= 11 is 3.92. The number of thiol groups is 1. The smallest absolute Gasteiger partial charge is 0.110 e. The summed E-state index contributed by atoms with van der Waals surface area (Å²) in [4.78, 5) is 0. The van der Waals surface area contributed by atoms with Crippen LogP contribution in [0.15, 0.2) is 0 Å². The Bertz CT molecular complexity index is 100. The molecule has 0 bridgehead atoms. The molecule has 62 valence electrons. The van der Waals surface area contributed by atoms with Crippen molar-refractivity contribution in [2.75, 3.05) is 0 Å². The molecule has 4 heteroatoms. The van der Waals surface area contributed by atoms with Crippen LogP contribution in [0.4, 0.5) is 0 Å². The predicted octanol–water partition coefficient (Wildman–Crippen LogP) is 2.54. The van der Waals surface area contributed by atoms with Crippen LogP contribution in [-0.2, 0) is 0 Å². The molecule has 0 aliphatic rings. The fourth-order valence-electron chi connectivity index (χ4n) is 0.627. The number of hydrogen-bond acceptors (Lipinski definition) is 3. The second-order valence-electron chi connectivity index (χ2n) is 3.29. The van der Waals surface area contributed by atoms with Gasteiger partial charge in [-0.25, -0.2) is 0 Å². The van der Waals surface area contributed by atoms with E-state index in [4.69, 9.17) is 15.8 Å². The largest absolute Gasteiger partial charge is 0.381 e. The molecule has 0 aliphatic heterocycles. The minimum Gasteiger partial charge on any atom is -0.381 e. The Hall–Kier alpha value is 0.950. The van der Waals surface area contributed by atoms with Crippen LogP contribution >= 0.6 is 34.3 Å². The average Bonchev–Trinajstić information content (AvgIpc) is 1.60. The molecular formula is C6H13ClOS2. The predicted molar refractivity (Wildman–Crippen MR) is 51.7 cm³/mol. The minimum atomic E-state index is -0.650. The highest BCUT2D eigenvalue weighted by molar-refractivity contribution is 8.21. The first-order valence-electron chi connectivity index (χ1n) is 3.03. The summed E-state index contributed by atoms with van der Waals surface area (Å²) in [5.74, 6) is 0. The maximum atomic E-state index is 9.11. The molecule has 0 amide bonds. The molecule has 0 fully saturated rings. The topological polar surface area (TPSA) is 20.2 Å². The quantitative estimate of drug-likeness (QED) is 0.528. The standard InChI is InChI=1S/C6H13ClOS2/c1-6(2,3)4(10-7)5(8)9/h4-5,8-9H,1-3H3. The zero-order valence-corrected chi connectivity index (χ0v) is 8.80. The zero-order valence-electron chi connectivity index (χ0n) is 6.34. The van der Waals surface area contributed by atoms with Crippen molar-refractivity contribution in [1.82, 2.24) is 0 Å². The molecule has 0 saturated heterocycles. The Morgan fingerprint density at radius 2 is 1.90 bits per heavy atom. The molecule has 0 heterocycles. The lowest BCUT2D eigenvalue weighted by atomic mass is 9.92. The fraction of sp³-hybridized carbons (Fsp3) is 1.00. The van der Waals surface area contributed by atoms with E-state index in [-0.39, 0.29) is 10.7 Å². The second kappa shape index (κ2) is 4.10. The summed E-state index contributed by atoms with van der Waals surface area (Å²) in [6.45, 7) is 6.06. The van der Waals surface area contributed by atoms with Crippen LogP contribution in [0.1, 0.15) is 20.8 Å². The monoisotopic (exact) mass is 200 g/mol. The molecule has 0 aliphatic carbocycles. The fourth-order valence-corrected chi connectivity index (χ4v) is 2.93. The SMILES string of the molecule is CC(C)(C)C(SCl)C(O)S. The van der Waals surface area contributed by atoms with E-state index in [0.29, 0.717) is 0 Å². The Kier molecular flexibility index (Phi) is 4.48. The third-order valence-electron chi connectivity index (χ3n) is 1.22. The summed E-state index contributed by atoms with van der Waals surface area (Å²) in [6.07, 6.45) is 0. The maximum Gasteiger partial charge on any atom is 0.110 e. The first-order valence-corrected chi connectivity index (χ1v) is 5.25. The highest BCUT2D eigenvalue weighted by atomic mass is 35.7. The Labute approximate surface area is 76.4 Å². The molecule has 0 rings (SSSR count). The van der Waals surface area contributed by atoms with Crippen molar-refractivity contribution in [1.29, 1.82) is 0 Å². The van der Waals surface area contributed by atoms with E-state index in [0.717, 1.165) is 11.0 Å². The van der Waals surface area contributed by atoms with Crippen molar-refractivity contribution in [3.8, 4) is 0 Å². The van der Waals surface area contributed by atoms with Gasteiger partial charge in [-0.05, 0) is 27.1 Å². The van der Waals surface area contributed by atoms with Crippen LogP contribution < -0.4 is 0 Å². The lowest BCUT2D eigenvalue weighted by Crippen LogP contribution is -2.30. The molecule has 0 aromatic carbocycles. The minimum absolute atomic E-state index is 0.00637. The summed E-state index contributed by atoms with van der Waals surface area (Å²) < 4.78 is 0. The van der Waals surface area contributed by atoms with Gasteiger partial charge >= 0.3 is 0 Å². The molecule has 0 aromatic heterocycles. The van der Waals surface area contributed by atoms with Crippen molar-refractivity contribution in [2.45, 2.75) is 31.5 Å². The van der Waals surface area contributed by atoms with E-state index >= 15 is 0 Å². The van der Waals surface area contributed by atoms with Crippen LogP contribution in [0.5, 0.6) is 0 Å². The average molecular weight is 201 g/mol. The van der Waals surface area contributed by atoms with Gasteiger partial charge in [0.05, 0.1) is 5.25 Å². The van der Waals surface area contributed by atoms with Crippen molar-refractivity contribution in [3.05, 3.63) is 0 Å². The number of hydrogen-bond donors (Lipinski definition) is 2. The van der Waals surface area contributed by atoms with Crippen LogP contribution in [0.2, 0.25) is 0 Å². The van der Waals surface area contributed by atoms with E-state index in [1.165, 1.54) is 0 Å². The molecule has 1 N–H and O–H groups in total. The van der Waals surface area contributed by atoms with Crippen LogP contribution in [0, 0.1) is 5.41 Å². The van der Waals surface area contributed by atoms with Gasteiger partial charge in [0.1, 0.15) is 5.44 Å². The molecule has 0 spiro atoms. The van der Waals surface area contributed by atoms with Crippen LogP contribution in [-0.4, -0.2) is 15.8 Å². The van der Waals surface area contributed by atoms with Crippen LogP contribution in [0.25, 0.3) is 0 Å². The first kappa shape index (κ1) is 11.0. The Morgan fingerprint density at radius 3 is 1.90 bits per heavy atom. The van der Waals surface area contributed by atoms with Gasteiger partial charge in [0, 0.05) is 0 Å². The number of aliphatic hydroxyl groups is 1. The highest BCUT2D eigenvalue weighted by Gasteiger charge is 2.29. The zero-order chi connectivity index (χ0) is 8.36. The van der Waals surface area contributed by atoms with Crippen LogP contribution in [0.3, 0.4) is 0 Å². The van der Waals surface area contributed by atoms with E-state index in [9.17, 15) is 0 Å². The molecule has 0 radical (unpaired) electrons. The van der Waals surface area contributed by atoms with E-state index < -0.39 is 5.44 Å². The molecule has 10 heavy (non-hydrogen) atoms. The van der Waals surface area contributed by atoms with Crippen molar-refractivity contribution >= 4 is 34.3 Å². The highest BCUT2D eigenvalue weighted by Crippen LogP contribution is 2.35. The van der Waals surface area contributed by atoms with Gasteiger partial charge in [-0.3, -0.25) is 0 Å². The van der Waals surface area contributed by atoms with Gasteiger partial charge in [0.25, 0.3) is 0 Å². The summed E-state index contributed by atoms with van der Waals surface area (Å²) in [5.41, 5.74) is -0.657. The van der Waals surface area contributed by atoms with E-state index in [1.54, 1.807) is 0 Å². The summed E-state index contributed by atoms with van der Waals surface area (Å²) in [5, 5.41) is 9.08. The first-order chi connectivity index (χ1) is 4.39. The molecule has 1 nitrogen and oxygen atoms in total. The molecule has 2 unspecified atom stereocenters. The molecule has 0 aromatic rings. The van der Waals surface area contributed by atoms with E-state index in [1.807, 2.05) is 20.8 Å². The Morgan fingerprint density at radius 1 is 1.50 bits per heavy atom. The van der Waals surface area contributed by atoms with Gasteiger partial charge in [0.15, 0.2) is 0 Å². The number of rotatable bonds is 2. The Balaban J connectivity index is 4.07. The third kappa shape index (κ3) is 3.37. The number of aliphatic hydroxyl groups excluding tert-OH is 1. The van der Waals surface area contributed by atoms with Crippen molar-refractivity contribution in [2.24, 2.45) is 5.41 Å². The molecule has 0 saturated carbocycles. The van der Waals surface area contributed by atoms with Crippen molar-refractivity contribution < 1.29 is 5.11 Å². The second-order valence-corrected chi connectivity index (χ2v) is 5.04. The normalized spacial score (nSPS) is 18.6. The van der Waals surface area contributed by atoms with Gasteiger partial charge in [-0.2, -0.15) is 0 Å². The summed E-state index contributed by atoms with van der Waals surface area (Å²) in [7, 11) is 6.69. The molecule has 2 atom stereocenters. The summed E-state index contributed by atoms with van der Waals surface area (Å²) in [6, 6.07) is 0. The lowest BCUT2D eigenvalue weighted by Gasteiger charge is -2.29. The van der Waals surface area contributed by atoms with Gasteiger partial charge in [-0.15, -0.1) is 12.6 Å². The van der Waals surface area contributed by atoms with Gasteiger partial charge < -0.3 is 5.11 Å². The van der Waals surface area contributed by atoms with Crippen molar-refractivity contribution in [3.63, 3.8) is 0 Å².